The van der Waals surface area contributed by atoms with Crippen LogP contribution in [0.5, 0.6) is 0 Å². The molecular weight excluding hydrogens is 227 g/mol. The average Bonchev–Trinajstić information content (AvgIpc) is 2.37. The van der Waals surface area contributed by atoms with Gasteiger partial charge in [0.25, 0.3) is 0 Å². The third-order valence-corrected chi connectivity index (χ3v) is 3.11. The molecule has 0 aliphatic carbocycles. The van der Waals surface area contributed by atoms with Crippen molar-refractivity contribution in [2.45, 2.75) is 19.9 Å². The third kappa shape index (κ3) is 2.57. The van der Waals surface area contributed by atoms with Crippen LogP contribution in [0.3, 0.4) is 0 Å². The van der Waals surface area contributed by atoms with Gasteiger partial charge in [0.2, 0.25) is 0 Å². The second kappa shape index (κ2) is 5.27. The fourth-order valence-corrected chi connectivity index (χ4v) is 2.07. The molecule has 3 heteroatoms. The maximum Gasteiger partial charge on any atom is 0.123 e. The fraction of sp³-hybridized carbons (Fsp3) is 0.267. The predicted molar refractivity (Wildman–Crippen MR) is 71.0 cm³/mol. The molecule has 1 atom stereocenters. The van der Waals surface area contributed by atoms with Crippen molar-refractivity contribution < 1.29 is 4.39 Å². The Morgan fingerprint density at radius 1 is 1.17 bits per heavy atom. The summed E-state index contributed by atoms with van der Waals surface area (Å²) in [6.45, 7) is 3.94. The molecule has 2 rings (SSSR count). The molecule has 1 N–H and O–H groups in total. The molecule has 0 saturated heterocycles. The van der Waals surface area contributed by atoms with E-state index in [1.807, 2.05) is 39.2 Å². The van der Waals surface area contributed by atoms with E-state index in [4.69, 9.17) is 0 Å². The summed E-state index contributed by atoms with van der Waals surface area (Å²) < 4.78 is 13.4. The van der Waals surface area contributed by atoms with Gasteiger partial charge in [0.1, 0.15) is 5.82 Å². The lowest BCUT2D eigenvalue weighted by molar-refractivity contribution is 0.614. The number of benzene rings is 1. The zero-order valence-corrected chi connectivity index (χ0v) is 10.9. The molecule has 0 radical (unpaired) electrons. The van der Waals surface area contributed by atoms with Crippen LogP contribution in [0.15, 0.2) is 36.5 Å². The van der Waals surface area contributed by atoms with Crippen LogP contribution in [0, 0.1) is 19.7 Å². The van der Waals surface area contributed by atoms with E-state index in [2.05, 4.69) is 10.3 Å². The lowest BCUT2D eigenvalue weighted by Crippen LogP contribution is -2.19. The summed E-state index contributed by atoms with van der Waals surface area (Å²) in [5.41, 5.74) is 4.03. The maximum absolute atomic E-state index is 13.4. The summed E-state index contributed by atoms with van der Waals surface area (Å²) in [6, 6.07) is 8.82. The first-order valence-electron chi connectivity index (χ1n) is 5.97. The SMILES string of the molecule is CNC(c1ccc(C)nc1)c1cc(F)ccc1C. The van der Waals surface area contributed by atoms with Gasteiger partial charge in [0.15, 0.2) is 0 Å². The van der Waals surface area contributed by atoms with Crippen molar-refractivity contribution in [1.29, 1.82) is 0 Å². The highest BCUT2D eigenvalue weighted by atomic mass is 19.1. The maximum atomic E-state index is 13.4. The molecule has 0 saturated carbocycles. The summed E-state index contributed by atoms with van der Waals surface area (Å²) in [5, 5.41) is 3.22. The van der Waals surface area contributed by atoms with Gasteiger partial charge in [0.05, 0.1) is 6.04 Å². The van der Waals surface area contributed by atoms with Gasteiger partial charge in [-0.2, -0.15) is 0 Å². The Kier molecular flexibility index (Phi) is 3.72. The van der Waals surface area contributed by atoms with Gasteiger partial charge in [0, 0.05) is 11.9 Å². The Morgan fingerprint density at radius 3 is 2.56 bits per heavy atom. The summed E-state index contributed by atoms with van der Waals surface area (Å²) in [6.07, 6.45) is 1.83. The minimum atomic E-state index is -0.212. The van der Waals surface area contributed by atoms with Crippen molar-refractivity contribution in [1.82, 2.24) is 10.3 Å². The van der Waals surface area contributed by atoms with Crippen molar-refractivity contribution in [2.75, 3.05) is 7.05 Å². The Labute approximate surface area is 107 Å². The zero-order chi connectivity index (χ0) is 13.1. The lowest BCUT2D eigenvalue weighted by atomic mass is 9.96. The van der Waals surface area contributed by atoms with E-state index in [0.717, 1.165) is 22.4 Å². The summed E-state index contributed by atoms with van der Waals surface area (Å²) in [4.78, 5) is 4.29. The zero-order valence-electron chi connectivity index (χ0n) is 10.9. The highest BCUT2D eigenvalue weighted by Gasteiger charge is 2.15. The molecule has 2 nitrogen and oxygen atoms in total. The van der Waals surface area contributed by atoms with Crippen molar-refractivity contribution in [2.24, 2.45) is 0 Å². The number of halogens is 1. The molecule has 1 aromatic carbocycles. The lowest BCUT2D eigenvalue weighted by Gasteiger charge is -2.19. The van der Waals surface area contributed by atoms with Crippen LogP contribution in [0.4, 0.5) is 4.39 Å². The average molecular weight is 244 g/mol. The molecule has 94 valence electrons. The van der Waals surface area contributed by atoms with Gasteiger partial charge in [-0.1, -0.05) is 12.1 Å². The van der Waals surface area contributed by atoms with Gasteiger partial charge < -0.3 is 5.32 Å². The summed E-state index contributed by atoms with van der Waals surface area (Å²) in [5.74, 6) is -0.212. The molecule has 0 spiro atoms. The summed E-state index contributed by atoms with van der Waals surface area (Å²) in [7, 11) is 1.87. The van der Waals surface area contributed by atoms with E-state index in [-0.39, 0.29) is 11.9 Å². The van der Waals surface area contributed by atoms with Gasteiger partial charge in [-0.15, -0.1) is 0 Å². The quantitative estimate of drug-likeness (QED) is 0.897. The Balaban J connectivity index is 2.44. The molecule has 1 aromatic heterocycles. The fourth-order valence-electron chi connectivity index (χ4n) is 2.07. The molecule has 1 heterocycles. The van der Waals surface area contributed by atoms with Crippen LogP contribution in [-0.4, -0.2) is 12.0 Å². The number of hydrogen-bond acceptors (Lipinski definition) is 2. The van der Waals surface area contributed by atoms with E-state index < -0.39 is 0 Å². The van der Waals surface area contributed by atoms with Crippen molar-refractivity contribution in [3.05, 3.63) is 64.7 Å². The first kappa shape index (κ1) is 12.7. The van der Waals surface area contributed by atoms with Crippen LogP contribution in [0.2, 0.25) is 0 Å². The first-order chi connectivity index (χ1) is 8.61. The van der Waals surface area contributed by atoms with Crippen molar-refractivity contribution in [3.8, 4) is 0 Å². The van der Waals surface area contributed by atoms with Crippen LogP contribution < -0.4 is 5.32 Å². The number of aryl methyl sites for hydroxylation is 2. The number of aromatic nitrogens is 1. The van der Waals surface area contributed by atoms with E-state index in [1.165, 1.54) is 6.07 Å². The Hall–Kier alpha value is -1.74. The van der Waals surface area contributed by atoms with E-state index in [9.17, 15) is 4.39 Å². The second-order valence-corrected chi connectivity index (χ2v) is 4.46. The molecular formula is C15H17FN2. The van der Waals surface area contributed by atoms with Crippen LogP contribution in [0.1, 0.15) is 28.4 Å². The van der Waals surface area contributed by atoms with Gasteiger partial charge in [-0.05, 0) is 55.8 Å². The smallest absolute Gasteiger partial charge is 0.123 e. The highest BCUT2D eigenvalue weighted by molar-refractivity contribution is 5.36. The molecule has 0 aliphatic heterocycles. The van der Waals surface area contributed by atoms with E-state index in [0.29, 0.717) is 0 Å². The number of hydrogen-bond donors (Lipinski definition) is 1. The van der Waals surface area contributed by atoms with Gasteiger partial charge >= 0.3 is 0 Å². The predicted octanol–water partition coefficient (Wildman–Crippen LogP) is 3.15. The normalized spacial score (nSPS) is 12.4. The number of pyridine rings is 1. The second-order valence-electron chi connectivity index (χ2n) is 4.46. The van der Waals surface area contributed by atoms with E-state index in [1.54, 1.807) is 12.1 Å². The minimum absolute atomic E-state index is 0.0335. The molecule has 18 heavy (non-hydrogen) atoms. The van der Waals surface area contributed by atoms with Crippen molar-refractivity contribution >= 4 is 0 Å². The number of nitrogens with zero attached hydrogens (tertiary/aromatic N) is 1. The number of rotatable bonds is 3. The Bertz CT molecular complexity index is 535. The molecule has 0 amide bonds. The Morgan fingerprint density at radius 2 is 1.94 bits per heavy atom. The molecule has 1 unspecified atom stereocenters. The van der Waals surface area contributed by atoms with Gasteiger partial charge in [-0.3, -0.25) is 4.98 Å². The first-order valence-corrected chi connectivity index (χ1v) is 5.97. The van der Waals surface area contributed by atoms with Gasteiger partial charge in [-0.25, -0.2) is 4.39 Å². The van der Waals surface area contributed by atoms with Crippen molar-refractivity contribution in [3.63, 3.8) is 0 Å². The molecule has 0 bridgehead atoms. The third-order valence-electron chi connectivity index (χ3n) is 3.11. The minimum Gasteiger partial charge on any atom is -0.309 e. The van der Waals surface area contributed by atoms with E-state index >= 15 is 0 Å². The van der Waals surface area contributed by atoms with Crippen LogP contribution >= 0.6 is 0 Å². The van der Waals surface area contributed by atoms with Crippen LogP contribution in [-0.2, 0) is 0 Å². The highest BCUT2D eigenvalue weighted by Crippen LogP contribution is 2.24. The van der Waals surface area contributed by atoms with Crippen LogP contribution in [0.25, 0.3) is 0 Å². The standard InChI is InChI=1S/C15H17FN2/c1-10-4-7-13(16)8-14(10)15(17-3)12-6-5-11(2)18-9-12/h4-9,15,17H,1-3H3. The largest absolute Gasteiger partial charge is 0.309 e. The monoisotopic (exact) mass is 244 g/mol. The molecule has 0 aliphatic rings. The number of nitrogens with one attached hydrogen (secondary N) is 1. The summed E-state index contributed by atoms with van der Waals surface area (Å²) >= 11 is 0. The molecule has 0 fully saturated rings. The topological polar surface area (TPSA) is 24.9 Å². The molecule has 2 aromatic rings.